The Kier molecular flexibility index (Phi) is 7.44. The van der Waals surface area contributed by atoms with Crippen LogP contribution < -0.4 is 0 Å². The van der Waals surface area contributed by atoms with Crippen LogP contribution in [0, 0.1) is 34.5 Å². The lowest BCUT2D eigenvalue weighted by molar-refractivity contribution is -0.145. The monoisotopic (exact) mass is 468 g/mol. The zero-order valence-electron chi connectivity index (χ0n) is 20.4. The molecule has 0 aromatic rings. The normalized spacial score (nSPS) is 41.7. The molecule has 4 aliphatic carbocycles. The molecule has 0 N–H and O–H groups in total. The van der Waals surface area contributed by atoms with Crippen molar-refractivity contribution in [3.63, 3.8) is 0 Å². The third-order valence-corrected chi connectivity index (χ3v) is 10.6. The molecule has 4 fully saturated rings. The average molecular weight is 469 g/mol. The average Bonchev–Trinajstić information content (AvgIpc) is 3.06. The number of hydrogen-bond acceptors (Lipinski definition) is 5. The lowest BCUT2D eigenvalue weighted by Gasteiger charge is -2.60. The first-order valence-electron chi connectivity index (χ1n) is 13.1. The summed E-state index contributed by atoms with van der Waals surface area (Å²) in [6.07, 6.45) is 15.8. The van der Waals surface area contributed by atoms with E-state index < -0.39 is 10.1 Å². The largest absolute Gasteiger partial charge is 0.378 e. The molecule has 0 amide bonds. The Labute approximate surface area is 195 Å². The van der Waals surface area contributed by atoms with Gasteiger partial charge in [-0.05, 0) is 92.3 Å². The quantitative estimate of drug-likeness (QED) is 0.329. The van der Waals surface area contributed by atoms with Crippen LogP contribution in [0.15, 0.2) is 0 Å². The van der Waals surface area contributed by atoms with Crippen LogP contribution >= 0.6 is 0 Å². The molecular formula is C26H44O5S. The molecule has 4 saturated carbocycles. The Bertz CT molecular complexity index is 779. The van der Waals surface area contributed by atoms with E-state index in [1.54, 1.807) is 0 Å². The molecular weight excluding hydrogens is 424 g/mol. The van der Waals surface area contributed by atoms with Crippen molar-refractivity contribution in [2.45, 2.75) is 103 Å². The van der Waals surface area contributed by atoms with E-state index in [-0.39, 0.29) is 0 Å². The van der Waals surface area contributed by atoms with Crippen molar-refractivity contribution in [2.75, 3.05) is 19.5 Å². The summed E-state index contributed by atoms with van der Waals surface area (Å²) in [6.45, 7) is 6.13. The van der Waals surface area contributed by atoms with Crippen LogP contribution in [0.4, 0.5) is 0 Å². The second-order valence-electron chi connectivity index (χ2n) is 11.8. The molecule has 0 aromatic heterocycles. The number of hydrogen-bond donors (Lipinski definition) is 0. The third-order valence-electron chi connectivity index (χ3n) is 10.0. The maximum absolute atomic E-state index is 12.1. The van der Waals surface area contributed by atoms with Gasteiger partial charge >= 0.3 is 0 Å². The molecule has 4 aliphatic rings. The van der Waals surface area contributed by atoms with Crippen LogP contribution in [0.3, 0.4) is 0 Å². The van der Waals surface area contributed by atoms with Gasteiger partial charge < -0.3 is 4.74 Å². The topological polar surface area (TPSA) is 69.7 Å². The molecule has 4 rings (SSSR count). The van der Waals surface area contributed by atoms with Gasteiger partial charge in [-0.1, -0.05) is 26.7 Å². The van der Waals surface area contributed by atoms with E-state index in [9.17, 15) is 13.2 Å². The number of unbranched alkanes of at least 4 members (excludes halogenated alkanes) is 3. The second-order valence-corrected chi connectivity index (χ2v) is 13.5. The highest BCUT2D eigenvalue weighted by Crippen LogP contribution is 2.66. The minimum absolute atomic E-state index is 0.290. The lowest BCUT2D eigenvalue weighted by atomic mass is 9.45. The van der Waals surface area contributed by atoms with Crippen molar-refractivity contribution in [3.8, 4) is 0 Å². The lowest BCUT2D eigenvalue weighted by Crippen LogP contribution is -2.54. The summed E-state index contributed by atoms with van der Waals surface area (Å²) in [4.78, 5) is 12.1. The van der Waals surface area contributed by atoms with Gasteiger partial charge in [-0.15, -0.1) is 0 Å². The number of fused-ring (bicyclic) bond motifs is 5. The Balaban J connectivity index is 1.25. The van der Waals surface area contributed by atoms with Crippen molar-refractivity contribution in [1.82, 2.24) is 0 Å². The molecule has 0 spiro atoms. The Morgan fingerprint density at radius 1 is 0.875 bits per heavy atom. The fraction of sp³-hybridized carbons (Fsp3) is 0.962. The SMILES string of the molecule is C[C@]12CCC(=O)C[C@@H]1CC[C@@H]1[C@@H]2CC[C@]2(C)[C@@H](OCCCCCCOS(C)(=O)=O)CC[C@@H]12. The maximum Gasteiger partial charge on any atom is 0.264 e. The van der Waals surface area contributed by atoms with E-state index in [0.29, 0.717) is 35.2 Å². The minimum atomic E-state index is -3.31. The Morgan fingerprint density at radius 2 is 1.59 bits per heavy atom. The minimum Gasteiger partial charge on any atom is -0.378 e. The molecule has 0 aliphatic heterocycles. The predicted octanol–water partition coefficient (Wildman–Crippen LogP) is 5.52. The van der Waals surface area contributed by atoms with Crippen LogP contribution in [0.25, 0.3) is 0 Å². The molecule has 0 bridgehead atoms. The molecule has 0 saturated heterocycles. The summed E-state index contributed by atoms with van der Waals surface area (Å²) in [5.74, 6) is 3.55. The second kappa shape index (κ2) is 9.65. The standard InChI is InChI=1S/C26H44O5S/c1-25-14-12-20(27)18-19(25)8-9-21-22-10-11-24(26(22,2)15-13-23(21)25)30-16-6-4-5-7-17-31-32(3,28)29/h19,21-24H,4-18H2,1-3H3/t19-,21-,22-,23-,24-,25-,26-/m0/s1. The summed E-state index contributed by atoms with van der Waals surface area (Å²) in [5, 5.41) is 0. The van der Waals surface area contributed by atoms with E-state index in [0.717, 1.165) is 75.6 Å². The smallest absolute Gasteiger partial charge is 0.264 e. The number of ketones is 1. The highest BCUT2D eigenvalue weighted by molar-refractivity contribution is 7.85. The molecule has 32 heavy (non-hydrogen) atoms. The van der Waals surface area contributed by atoms with E-state index in [1.807, 2.05) is 0 Å². The van der Waals surface area contributed by atoms with Gasteiger partial charge in [0, 0.05) is 19.4 Å². The highest BCUT2D eigenvalue weighted by Gasteiger charge is 2.60. The highest BCUT2D eigenvalue weighted by atomic mass is 32.2. The van der Waals surface area contributed by atoms with Crippen LogP contribution in [0.1, 0.15) is 97.3 Å². The van der Waals surface area contributed by atoms with E-state index in [2.05, 4.69) is 13.8 Å². The van der Waals surface area contributed by atoms with Crippen LogP contribution in [-0.2, 0) is 23.8 Å². The maximum atomic E-state index is 12.1. The number of ether oxygens (including phenoxy) is 1. The van der Waals surface area contributed by atoms with Gasteiger partial charge in [0.1, 0.15) is 5.78 Å². The van der Waals surface area contributed by atoms with Gasteiger partial charge in [-0.3, -0.25) is 8.98 Å². The first-order valence-corrected chi connectivity index (χ1v) is 14.9. The van der Waals surface area contributed by atoms with Gasteiger partial charge in [-0.2, -0.15) is 8.42 Å². The molecule has 6 heteroatoms. The van der Waals surface area contributed by atoms with E-state index in [4.69, 9.17) is 8.92 Å². The van der Waals surface area contributed by atoms with Gasteiger partial charge in [-0.25, -0.2) is 0 Å². The zero-order valence-corrected chi connectivity index (χ0v) is 21.3. The molecule has 184 valence electrons. The van der Waals surface area contributed by atoms with E-state index >= 15 is 0 Å². The molecule has 0 radical (unpaired) electrons. The Morgan fingerprint density at radius 3 is 2.34 bits per heavy atom. The number of rotatable bonds is 9. The fourth-order valence-electron chi connectivity index (χ4n) is 8.26. The summed E-state index contributed by atoms with van der Waals surface area (Å²) in [5.41, 5.74) is 0.704. The summed E-state index contributed by atoms with van der Waals surface area (Å²) < 4.78 is 33.3. The van der Waals surface area contributed by atoms with Crippen molar-refractivity contribution >= 4 is 15.9 Å². The summed E-state index contributed by atoms with van der Waals surface area (Å²) in [6, 6.07) is 0. The number of carbonyl (C=O) groups is 1. The van der Waals surface area contributed by atoms with Gasteiger partial charge in [0.2, 0.25) is 0 Å². The summed E-state index contributed by atoms with van der Waals surface area (Å²) in [7, 11) is -3.31. The number of carbonyl (C=O) groups excluding carboxylic acids is 1. The third kappa shape index (κ3) is 4.98. The molecule has 0 unspecified atom stereocenters. The van der Waals surface area contributed by atoms with Crippen molar-refractivity contribution in [3.05, 3.63) is 0 Å². The van der Waals surface area contributed by atoms with Crippen molar-refractivity contribution in [2.24, 2.45) is 34.5 Å². The molecule has 5 nitrogen and oxygen atoms in total. The van der Waals surface area contributed by atoms with Crippen molar-refractivity contribution < 1.29 is 22.1 Å². The molecule has 0 heterocycles. The predicted molar refractivity (Wildman–Crippen MR) is 126 cm³/mol. The van der Waals surface area contributed by atoms with Crippen molar-refractivity contribution in [1.29, 1.82) is 0 Å². The van der Waals surface area contributed by atoms with Gasteiger partial charge in [0.15, 0.2) is 0 Å². The summed E-state index contributed by atoms with van der Waals surface area (Å²) >= 11 is 0. The number of Topliss-reactive ketones (excluding diaryl/α,β-unsaturated/α-hetero) is 1. The fourth-order valence-corrected chi connectivity index (χ4v) is 8.69. The first kappa shape index (κ1) is 24.7. The molecule has 7 atom stereocenters. The van der Waals surface area contributed by atoms with E-state index in [1.165, 1.54) is 38.5 Å². The Hall–Kier alpha value is -0.460. The zero-order chi connectivity index (χ0) is 23.0. The van der Waals surface area contributed by atoms with Crippen LogP contribution in [0.2, 0.25) is 0 Å². The van der Waals surface area contributed by atoms with Gasteiger partial charge in [0.05, 0.1) is 19.0 Å². The first-order chi connectivity index (χ1) is 15.1. The molecule has 0 aromatic carbocycles. The van der Waals surface area contributed by atoms with Crippen LogP contribution in [-0.4, -0.2) is 39.8 Å². The van der Waals surface area contributed by atoms with Crippen LogP contribution in [0.5, 0.6) is 0 Å². The van der Waals surface area contributed by atoms with Gasteiger partial charge in [0.25, 0.3) is 10.1 Å².